The number of rotatable bonds is 3. The molecule has 0 aliphatic rings. The molecule has 0 N–H and O–H groups in total. The molecule has 1 aromatic carbocycles. The first-order valence-corrected chi connectivity index (χ1v) is 7.45. The number of benzene rings is 1. The molecule has 22 heavy (non-hydrogen) atoms. The fraction of sp³-hybridized carbons (Fsp3) is 0.200. The van der Waals surface area contributed by atoms with Gasteiger partial charge in [-0.2, -0.15) is 0 Å². The molecule has 0 aliphatic heterocycles. The Morgan fingerprint density at radius 1 is 0.909 bits per heavy atom. The molecule has 0 amide bonds. The number of carbonyl (C=O) groups excluding carboxylic acids is 2. The molecule has 0 bridgehead atoms. The molecular weight excluding hydrogens is 394 g/mol. The fourth-order valence-electron chi connectivity index (χ4n) is 1.42. The number of hydrogen-bond donors (Lipinski definition) is 0. The third-order valence-corrected chi connectivity index (χ3v) is 4.57. The summed E-state index contributed by atoms with van der Waals surface area (Å²) in [6.07, 6.45) is 0. The van der Waals surface area contributed by atoms with Crippen molar-refractivity contribution in [2.75, 3.05) is 14.2 Å². The second-order valence-corrected chi connectivity index (χ2v) is 5.91. The number of halogens is 3. The molecule has 116 valence electrons. The van der Waals surface area contributed by atoms with E-state index in [1.807, 2.05) is 0 Å². The van der Waals surface area contributed by atoms with Gasteiger partial charge in [0.25, 0.3) is 0 Å². The Morgan fingerprint density at radius 2 is 1.23 bits per heavy atom. The summed E-state index contributed by atoms with van der Waals surface area (Å²) < 4.78 is 42.5. The second-order valence-electron chi connectivity index (χ2n) is 3.46. The van der Waals surface area contributed by atoms with Crippen molar-refractivity contribution in [3.63, 3.8) is 0 Å². The van der Waals surface area contributed by atoms with E-state index in [9.17, 15) is 22.6 Å². The van der Waals surface area contributed by atoms with Gasteiger partial charge in [-0.3, -0.25) is 0 Å². The third-order valence-electron chi connectivity index (χ3n) is 2.31. The van der Waals surface area contributed by atoms with E-state index < -0.39 is 53.1 Å². The van der Waals surface area contributed by atoms with Gasteiger partial charge in [-0.1, -0.05) is 34.8 Å². The summed E-state index contributed by atoms with van der Waals surface area (Å²) in [6.45, 7) is 0. The first-order valence-electron chi connectivity index (χ1n) is 4.90. The van der Waals surface area contributed by atoms with Crippen LogP contribution in [0, 0.1) is 0 Å². The molecule has 0 atom stereocenters. The average molecular weight is 400 g/mol. The van der Waals surface area contributed by atoms with Gasteiger partial charge >= 0.3 is 41.5 Å². The minimum atomic E-state index is -5.20. The Morgan fingerprint density at radius 3 is 1.45 bits per heavy atom. The van der Waals surface area contributed by atoms with Gasteiger partial charge in [0.1, 0.15) is 10.1 Å². The first kappa shape index (κ1) is 21.9. The van der Waals surface area contributed by atoms with Gasteiger partial charge in [0.2, 0.25) is 0 Å². The zero-order chi connectivity index (χ0) is 16.5. The molecule has 0 heterocycles. The molecular formula is C10H6Cl3NaO7S. The van der Waals surface area contributed by atoms with E-state index in [0.29, 0.717) is 0 Å². The number of ether oxygens (including phenoxy) is 2. The van der Waals surface area contributed by atoms with Crippen LogP contribution in [0.15, 0.2) is 4.90 Å². The summed E-state index contributed by atoms with van der Waals surface area (Å²) in [5.74, 6) is -2.31. The van der Waals surface area contributed by atoms with Crippen molar-refractivity contribution < 1.29 is 61.6 Å². The van der Waals surface area contributed by atoms with Crippen LogP contribution in [-0.2, 0) is 19.6 Å². The molecule has 0 fully saturated rings. The minimum absolute atomic E-state index is 0. The summed E-state index contributed by atoms with van der Waals surface area (Å²) in [7, 11) is -3.27. The van der Waals surface area contributed by atoms with E-state index in [0.717, 1.165) is 14.2 Å². The van der Waals surface area contributed by atoms with Crippen molar-refractivity contribution >= 4 is 56.9 Å². The van der Waals surface area contributed by atoms with Crippen LogP contribution in [0.2, 0.25) is 15.1 Å². The Hall–Kier alpha value is -0.0600. The summed E-state index contributed by atoms with van der Waals surface area (Å²) in [5, 5.41) is -2.25. The van der Waals surface area contributed by atoms with E-state index in [4.69, 9.17) is 34.8 Å². The van der Waals surface area contributed by atoms with Crippen molar-refractivity contribution in [3.05, 3.63) is 26.2 Å². The van der Waals surface area contributed by atoms with Crippen LogP contribution < -0.4 is 29.6 Å². The molecule has 0 unspecified atom stereocenters. The van der Waals surface area contributed by atoms with Crippen LogP contribution in [0.5, 0.6) is 0 Å². The number of esters is 2. The molecule has 0 aliphatic carbocycles. The largest absolute Gasteiger partial charge is 1.00 e. The molecule has 7 nitrogen and oxygen atoms in total. The average Bonchev–Trinajstić information content (AvgIpc) is 2.35. The van der Waals surface area contributed by atoms with Crippen molar-refractivity contribution in [1.29, 1.82) is 0 Å². The third kappa shape index (κ3) is 4.07. The minimum Gasteiger partial charge on any atom is -0.744 e. The number of methoxy groups -OCH3 is 2. The summed E-state index contributed by atoms with van der Waals surface area (Å²) >= 11 is 17.2. The van der Waals surface area contributed by atoms with E-state index in [2.05, 4.69) is 9.47 Å². The normalized spacial score (nSPS) is 10.6. The monoisotopic (exact) mass is 398 g/mol. The van der Waals surface area contributed by atoms with Crippen LogP contribution >= 0.6 is 34.8 Å². The Kier molecular flexibility index (Phi) is 8.14. The molecule has 0 saturated heterocycles. The van der Waals surface area contributed by atoms with Gasteiger partial charge in [-0.25, -0.2) is 18.0 Å². The molecule has 0 saturated carbocycles. The summed E-state index contributed by atoms with van der Waals surface area (Å²) in [4.78, 5) is 22.1. The van der Waals surface area contributed by atoms with Gasteiger partial charge in [0, 0.05) is 0 Å². The predicted molar refractivity (Wildman–Crippen MR) is 72.1 cm³/mol. The predicted octanol–water partition coefficient (Wildman–Crippen LogP) is -0.872. The zero-order valence-corrected chi connectivity index (χ0v) is 16.5. The van der Waals surface area contributed by atoms with Crippen molar-refractivity contribution in [1.82, 2.24) is 0 Å². The maximum Gasteiger partial charge on any atom is 1.00 e. The Labute approximate surface area is 162 Å². The summed E-state index contributed by atoms with van der Waals surface area (Å²) in [5.41, 5.74) is -1.36. The van der Waals surface area contributed by atoms with Gasteiger partial charge < -0.3 is 14.0 Å². The van der Waals surface area contributed by atoms with Crippen LogP contribution in [0.25, 0.3) is 0 Å². The first-order chi connectivity index (χ1) is 9.57. The van der Waals surface area contributed by atoms with Gasteiger partial charge in [-0.15, -0.1) is 0 Å². The molecule has 1 aromatic rings. The Bertz CT molecular complexity index is 690. The molecule has 0 spiro atoms. The van der Waals surface area contributed by atoms with E-state index >= 15 is 0 Å². The topological polar surface area (TPSA) is 110 Å². The standard InChI is InChI=1S/C10H7Cl3O7S.Na/c1-19-9(14)3-5(11)4(10(15)20-2)7(13)8(6(3)12)21(16,17)18;/h1-2H3,(H,16,17,18);/q;+1/p-1. The van der Waals surface area contributed by atoms with Crippen molar-refractivity contribution in [2.45, 2.75) is 4.90 Å². The fourth-order valence-corrected chi connectivity index (χ4v) is 3.65. The van der Waals surface area contributed by atoms with Gasteiger partial charge in [0.05, 0.1) is 45.3 Å². The van der Waals surface area contributed by atoms with Gasteiger partial charge in [-0.05, 0) is 0 Å². The van der Waals surface area contributed by atoms with Crippen LogP contribution in [0.1, 0.15) is 20.7 Å². The van der Waals surface area contributed by atoms with Crippen molar-refractivity contribution in [2.24, 2.45) is 0 Å². The quantitative estimate of drug-likeness (QED) is 0.369. The second kappa shape index (κ2) is 8.16. The number of carbonyl (C=O) groups is 2. The van der Waals surface area contributed by atoms with Crippen molar-refractivity contribution in [3.8, 4) is 0 Å². The molecule has 12 heteroatoms. The number of hydrogen-bond acceptors (Lipinski definition) is 7. The van der Waals surface area contributed by atoms with Crippen LogP contribution in [0.4, 0.5) is 0 Å². The molecule has 0 aromatic heterocycles. The zero-order valence-electron chi connectivity index (χ0n) is 11.4. The maximum absolute atomic E-state index is 11.6. The SMILES string of the molecule is COC(=O)c1c(Cl)c(C(=O)OC)c(Cl)c(S(=O)(=O)[O-])c1Cl.[Na+]. The smallest absolute Gasteiger partial charge is 0.744 e. The maximum atomic E-state index is 11.6. The van der Waals surface area contributed by atoms with Gasteiger partial charge in [0.15, 0.2) is 0 Å². The van der Waals surface area contributed by atoms with E-state index in [1.165, 1.54) is 0 Å². The van der Waals surface area contributed by atoms with E-state index in [-0.39, 0.29) is 29.6 Å². The van der Waals surface area contributed by atoms with Crippen LogP contribution in [-0.4, -0.2) is 39.1 Å². The van der Waals surface area contributed by atoms with Crippen LogP contribution in [0.3, 0.4) is 0 Å². The summed E-state index contributed by atoms with van der Waals surface area (Å²) in [6, 6.07) is 0. The molecule has 0 radical (unpaired) electrons. The Balaban J connectivity index is 0.00000441. The van der Waals surface area contributed by atoms with E-state index in [1.54, 1.807) is 0 Å². The molecule has 1 rings (SSSR count).